The molecule has 3 nitrogen and oxygen atoms in total. The summed E-state index contributed by atoms with van der Waals surface area (Å²) in [5, 5.41) is 28.0. The molecule has 2 aromatic rings. The van der Waals surface area contributed by atoms with E-state index in [0.717, 1.165) is 11.1 Å². The summed E-state index contributed by atoms with van der Waals surface area (Å²) in [5.41, 5.74) is 1.67. The quantitative estimate of drug-likeness (QED) is 0.865. The van der Waals surface area contributed by atoms with Crippen LogP contribution in [-0.2, 0) is 6.42 Å². The zero-order chi connectivity index (χ0) is 13.0. The Morgan fingerprint density at radius 2 is 1.67 bits per heavy atom. The third-order valence-corrected chi connectivity index (χ3v) is 2.78. The lowest BCUT2D eigenvalue weighted by molar-refractivity contribution is 0.473. The van der Waals surface area contributed by atoms with Crippen molar-refractivity contribution in [3.05, 3.63) is 59.7 Å². The zero-order valence-corrected chi connectivity index (χ0v) is 9.74. The Morgan fingerprint density at radius 1 is 1.00 bits per heavy atom. The van der Waals surface area contributed by atoms with Crippen LogP contribution >= 0.6 is 0 Å². The van der Waals surface area contributed by atoms with E-state index in [1.165, 1.54) is 0 Å². The van der Waals surface area contributed by atoms with Crippen LogP contribution in [0.15, 0.2) is 48.5 Å². The van der Waals surface area contributed by atoms with Gasteiger partial charge in [0.1, 0.15) is 11.5 Å². The molecule has 0 fully saturated rings. The Bertz CT molecular complexity index is 587. The Hall–Kier alpha value is -2.47. The molecule has 0 bridgehead atoms. The monoisotopic (exact) mass is 239 g/mol. The van der Waals surface area contributed by atoms with Crippen LogP contribution in [0.25, 0.3) is 0 Å². The predicted molar refractivity (Wildman–Crippen MR) is 68.3 cm³/mol. The van der Waals surface area contributed by atoms with Gasteiger partial charge in [-0.2, -0.15) is 5.26 Å². The fourth-order valence-corrected chi connectivity index (χ4v) is 1.90. The first-order chi connectivity index (χ1) is 8.69. The minimum Gasteiger partial charge on any atom is -0.508 e. The molecule has 0 heterocycles. The van der Waals surface area contributed by atoms with E-state index in [4.69, 9.17) is 0 Å². The van der Waals surface area contributed by atoms with Gasteiger partial charge in [0.15, 0.2) is 0 Å². The van der Waals surface area contributed by atoms with Crippen molar-refractivity contribution in [2.75, 3.05) is 0 Å². The van der Waals surface area contributed by atoms with E-state index in [1.54, 1.807) is 36.4 Å². The lowest BCUT2D eigenvalue weighted by Gasteiger charge is -2.10. The van der Waals surface area contributed by atoms with Crippen LogP contribution in [0.5, 0.6) is 11.5 Å². The maximum atomic E-state index is 9.42. The summed E-state index contributed by atoms with van der Waals surface area (Å²) < 4.78 is 0. The maximum Gasteiger partial charge on any atom is 0.115 e. The number of nitrogens with zero attached hydrogens (tertiary/aromatic N) is 1. The molecule has 1 atom stereocenters. The van der Waals surface area contributed by atoms with Crippen molar-refractivity contribution in [3.63, 3.8) is 0 Å². The number of phenols is 2. The van der Waals surface area contributed by atoms with Gasteiger partial charge in [0.2, 0.25) is 0 Å². The lowest BCUT2D eigenvalue weighted by atomic mass is 9.93. The Kier molecular flexibility index (Phi) is 3.49. The standard InChI is InChI=1S/C15H13NO2/c16-10-13(12-4-2-6-15(18)9-12)7-11-3-1-5-14(17)8-11/h1-6,8-9,13,17-18H,7H2/t13-/m1/s1. The molecule has 0 aliphatic rings. The summed E-state index contributed by atoms with van der Waals surface area (Å²) in [7, 11) is 0. The highest BCUT2D eigenvalue weighted by molar-refractivity contribution is 5.35. The number of phenolic OH excluding ortho intramolecular Hbond substituents is 2. The number of benzene rings is 2. The lowest BCUT2D eigenvalue weighted by Crippen LogP contribution is -2.00. The molecule has 0 saturated carbocycles. The van der Waals surface area contributed by atoms with E-state index in [1.807, 2.05) is 12.1 Å². The molecule has 0 amide bonds. The van der Waals surface area contributed by atoms with Crippen LogP contribution in [-0.4, -0.2) is 10.2 Å². The second-order valence-corrected chi connectivity index (χ2v) is 4.15. The SMILES string of the molecule is N#C[C@@H](Cc1cccc(O)c1)c1cccc(O)c1. The van der Waals surface area contributed by atoms with Gasteiger partial charge in [-0.1, -0.05) is 24.3 Å². The summed E-state index contributed by atoms with van der Waals surface area (Å²) >= 11 is 0. The minimum absolute atomic E-state index is 0.156. The third-order valence-electron chi connectivity index (χ3n) is 2.78. The molecule has 3 heteroatoms. The average molecular weight is 239 g/mol. The number of rotatable bonds is 3. The van der Waals surface area contributed by atoms with Crippen molar-refractivity contribution in [1.29, 1.82) is 5.26 Å². The van der Waals surface area contributed by atoms with Crippen molar-refractivity contribution in [3.8, 4) is 17.6 Å². The van der Waals surface area contributed by atoms with Crippen molar-refractivity contribution in [2.24, 2.45) is 0 Å². The summed E-state index contributed by atoms with van der Waals surface area (Å²) in [4.78, 5) is 0. The van der Waals surface area contributed by atoms with E-state index in [0.29, 0.717) is 6.42 Å². The van der Waals surface area contributed by atoms with Crippen LogP contribution in [0, 0.1) is 11.3 Å². The van der Waals surface area contributed by atoms with E-state index in [9.17, 15) is 15.5 Å². The third kappa shape index (κ3) is 2.80. The van der Waals surface area contributed by atoms with E-state index < -0.39 is 0 Å². The fourth-order valence-electron chi connectivity index (χ4n) is 1.90. The normalized spacial score (nSPS) is 11.7. The van der Waals surface area contributed by atoms with Gasteiger partial charge < -0.3 is 10.2 Å². The van der Waals surface area contributed by atoms with Crippen molar-refractivity contribution >= 4 is 0 Å². The first-order valence-corrected chi connectivity index (χ1v) is 5.65. The number of hydrogen-bond acceptors (Lipinski definition) is 3. The second kappa shape index (κ2) is 5.24. The molecular formula is C15H13NO2. The van der Waals surface area contributed by atoms with Crippen molar-refractivity contribution < 1.29 is 10.2 Å². The highest BCUT2D eigenvalue weighted by atomic mass is 16.3. The summed E-state index contributed by atoms with van der Waals surface area (Å²) in [6, 6.07) is 15.8. The van der Waals surface area contributed by atoms with Crippen LogP contribution in [0.1, 0.15) is 17.0 Å². The van der Waals surface area contributed by atoms with E-state index in [-0.39, 0.29) is 17.4 Å². The van der Waals surface area contributed by atoms with Gasteiger partial charge in [-0.25, -0.2) is 0 Å². The fraction of sp³-hybridized carbons (Fsp3) is 0.133. The number of aromatic hydroxyl groups is 2. The molecule has 2 N–H and O–H groups in total. The predicted octanol–water partition coefficient (Wildman–Crippen LogP) is 2.95. The average Bonchev–Trinajstić information content (AvgIpc) is 2.36. The molecule has 2 aromatic carbocycles. The Labute approximate surface area is 106 Å². The molecule has 0 aliphatic heterocycles. The highest BCUT2D eigenvalue weighted by Gasteiger charge is 2.12. The zero-order valence-electron chi connectivity index (χ0n) is 9.74. The maximum absolute atomic E-state index is 9.42. The van der Waals surface area contributed by atoms with Gasteiger partial charge in [-0.05, 0) is 41.8 Å². The molecule has 0 radical (unpaired) electrons. The molecule has 0 unspecified atom stereocenters. The molecule has 90 valence electrons. The van der Waals surface area contributed by atoms with Crippen LogP contribution in [0.3, 0.4) is 0 Å². The molecule has 0 aromatic heterocycles. The molecule has 2 rings (SSSR count). The van der Waals surface area contributed by atoms with E-state index >= 15 is 0 Å². The first-order valence-electron chi connectivity index (χ1n) is 5.65. The van der Waals surface area contributed by atoms with Crippen molar-refractivity contribution in [1.82, 2.24) is 0 Å². The summed E-state index contributed by atoms with van der Waals surface area (Å²) in [6.07, 6.45) is 0.508. The smallest absolute Gasteiger partial charge is 0.115 e. The first kappa shape index (κ1) is 12.0. The van der Waals surface area contributed by atoms with Gasteiger partial charge in [0.05, 0.1) is 12.0 Å². The molecule has 18 heavy (non-hydrogen) atoms. The van der Waals surface area contributed by atoms with Gasteiger partial charge in [-0.3, -0.25) is 0 Å². The second-order valence-electron chi connectivity index (χ2n) is 4.15. The van der Waals surface area contributed by atoms with Gasteiger partial charge in [0.25, 0.3) is 0 Å². The van der Waals surface area contributed by atoms with Crippen molar-refractivity contribution in [2.45, 2.75) is 12.3 Å². The van der Waals surface area contributed by atoms with Crippen LogP contribution < -0.4 is 0 Å². The van der Waals surface area contributed by atoms with Gasteiger partial charge in [0, 0.05) is 0 Å². The van der Waals surface area contributed by atoms with Crippen LogP contribution in [0.4, 0.5) is 0 Å². The molecular weight excluding hydrogens is 226 g/mol. The number of nitriles is 1. The Balaban J connectivity index is 2.23. The molecule has 0 saturated heterocycles. The summed E-state index contributed by atoms with van der Waals surface area (Å²) in [6.45, 7) is 0. The molecule has 0 spiro atoms. The Morgan fingerprint density at radius 3 is 2.28 bits per heavy atom. The van der Waals surface area contributed by atoms with Crippen LogP contribution in [0.2, 0.25) is 0 Å². The number of hydrogen-bond donors (Lipinski definition) is 2. The summed E-state index contributed by atoms with van der Waals surface area (Å²) in [5.74, 6) is 0.0163. The van der Waals surface area contributed by atoms with Gasteiger partial charge in [-0.15, -0.1) is 0 Å². The largest absolute Gasteiger partial charge is 0.508 e. The minimum atomic E-state index is -0.334. The van der Waals surface area contributed by atoms with Gasteiger partial charge >= 0.3 is 0 Å². The molecule has 0 aliphatic carbocycles. The highest BCUT2D eigenvalue weighted by Crippen LogP contribution is 2.24. The van der Waals surface area contributed by atoms with E-state index in [2.05, 4.69) is 6.07 Å². The topological polar surface area (TPSA) is 64.2 Å².